The van der Waals surface area contributed by atoms with Crippen molar-refractivity contribution >= 4 is 18.3 Å². The first-order valence-electron chi connectivity index (χ1n) is 5.20. The van der Waals surface area contributed by atoms with E-state index < -0.39 is 0 Å². The molecule has 3 N–H and O–H groups in total. The van der Waals surface area contributed by atoms with Gasteiger partial charge < -0.3 is 11.1 Å². The second-order valence-electron chi connectivity index (χ2n) is 3.77. The third-order valence-electron chi connectivity index (χ3n) is 2.15. The third-order valence-corrected chi connectivity index (χ3v) is 2.15. The quantitative estimate of drug-likeness (QED) is 0.792. The van der Waals surface area contributed by atoms with E-state index in [0.717, 1.165) is 23.1 Å². The van der Waals surface area contributed by atoms with Gasteiger partial charge in [-0.15, -0.1) is 12.4 Å². The molecule has 0 aliphatic heterocycles. The van der Waals surface area contributed by atoms with Gasteiger partial charge in [-0.1, -0.05) is 17.2 Å². The minimum Gasteiger partial charge on any atom is -0.352 e. The maximum Gasteiger partial charge on any atom is 0.251 e. The lowest BCUT2D eigenvalue weighted by molar-refractivity contribution is 0.0953. The summed E-state index contributed by atoms with van der Waals surface area (Å²) in [6.45, 7) is 5.22. The van der Waals surface area contributed by atoms with Gasteiger partial charge in [0.2, 0.25) is 0 Å². The first-order chi connectivity index (χ1) is 7.13. The Morgan fingerprint density at radius 3 is 2.31 bits per heavy atom. The summed E-state index contributed by atoms with van der Waals surface area (Å²) in [5, 5.41) is 2.84. The molecule has 1 amide bonds. The molecule has 16 heavy (non-hydrogen) atoms. The third kappa shape index (κ3) is 4.64. The van der Waals surface area contributed by atoms with Gasteiger partial charge >= 0.3 is 0 Å². The predicted octanol–water partition coefficient (Wildman–Crippen LogP) is 1.80. The molecule has 0 radical (unpaired) electrons. The number of nitrogens with two attached hydrogens (primary N) is 1. The smallest absolute Gasteiger partial charge is 0.251 e. The fourth-order valence-corrected chi connectivity index (χ4v) is 1.51. The topological polar surface area (TPSA) is 55.1 Å². The van der Waals surface area contributed by atoms with Gasteiger partial charge in [0.15, 0.2) is 0 Å². The lowest BCUT2D eigenvalue weighted by atomic mass is 10.1. The van der Waals surface area contributed by atoms with E-state index in [1.165, 1.54) is 0 Å². The molecule has 0 saturated carbocycles. The van der Waals surface area contributed by atoms with Crippen LogP contribution in [0.3, 0.4) is 0 Å². The summed E-state index contributed by atoms with van der Waals surface area (Å²) in [6.07, 6.45) is 0.816. The molecule has 0 aliphatic rings. The number of carbonyl (C=O) groups excluding carboxylic acids is 1. The fourth-order valence-electron chi connectivity index (χ4n) is 1.51. The van der Waals surface area contributed by atoms with Crippen molar-refractivity contribution in [1.82, 2.24) is 5.32 Å². The number of nitrogens with one attached hydrogen (secondary N) is 1. The van der Waals surface area contributed by atoms with Crippen molar-refractivity contribution in [2.24, 2.45) is 5.73 Å². The van der Waals surface area contributed by atoms with Gasteiger partial charge in [0, 0.05) is 12.1 Å². The summed E-state index contributed by atoms with van der Waals surface area (Å²) in [5.41, 5.74) is 8.30. The van der Waals surface area contributed by atoms with E-state index >= 15 is 0 Å². The molecule has 0 bridgehead atoms. The summed E-state index contributed by atoms with van der Waals surface area (Å²) >= 11 is 0. The second kappa shape index (κ2) is 7.25. The highest BCUT2D eigenvalue weighted by atomic mass is 35.5. The first-order valence-corrected chi connectivity index (χ1v) is 5.20. The van der Waals surface area contributed by atoms with E-state index in [0.29, 0.717) is 13.1 Å². The molecule has 1 aromatic carbocycles. The van der Waals surface area contributed by atoms with E-state index in [9.17, 15) is 4.79 Å². The molecule has 0 fully saturated rings. The van der Waals surface area contributed by atoms with Crippen LogP contribution in [-0.4, -0.2) is 19.0 Å². The number of carbonyl (C=O) groups is 1. The number of hydrogen-bond acceptors (Lipinski definition) is 2. The van der Waals surface area contributed by atoms with Crippen molar-refractivity contribution in [2.75, 3.05) is 13.1 Å². The average Bonchev–Trinajstić information content (AvgIpc) is 2.16. The zero-order valence-corrected chi connectivity index (χ0v) is 10.6. The maximum atomic E-state index is 11.7. The van der Waals surface area contributed by atoms with Gasteiger partial charge in [-0.25, -0.2) is 0 Å². The zero-order chi connectivity index (χ0) is 11.3. The SMILES string of the molecule is Cc1cc(C)cc(C(=O)NCCCN)c1.Cl. The highest BCUT2D eigenvalue weighted by Gasteiger charge is 2.05. The van der Waals surface area contributed by atoms with Gasteiger partial charge in [-0.3, -0.25) is 4.79 Å². The molecular formula is C12H19ClN2O. The average molecular weight is 243 g/mol. The van der Waals surface area contributed by atoms with Gasteiger partial charge in [0.25, 0.3) is 5.91 Å². The molecule has 0 aliphatic carbocycles. The van der Waals surface area contributed by atoms with Crippen LogP contribution in [0.5, 0.6) is 0 Å². The highest BCUT2D eigenvalue weighted by Crippen LogP contribution is 2.08. The molecule has 4 heteroatoms. The van der Waals surface area contributed by atoms with E-state index in [-0.39, 0.29) is 18.3 Å². The Labute approximate surface area is 103 Å². The summed E-state index contributed by atoms with van der Waals surface area (Å²) in [5.74, 6) is -0.0183. The summed E-state index contributed by atoms with van der Waals surface area (Å²) in [7, 11) is 0. The lowest BCUT2D eigenvalue weighted by Crippen LogP contribution is -2.26. The van der Waals surface area contributed by atoms with Crippen LogP contribution < -0.4 is 11.1 Å². The lowest BCUT2D eigenvalue weighted by Gasteiger charge is -2.06. The Balaban J connectivity index is 0.00000225. The molecule has 0 aromatic heterocycles. The van der Waals surface area contributed by atoms with E-state index in [1.807, 2.05) is 26.0 Å². The van der Waals surface area contributed by atoms with Crippen LogP contribution in [0.1, 0.15) is 27.9 Å². The Bertz CT molecular complexity index is 333. The van der Waals surface area contributed by atoms with Gasteiger partial charge in [-0.05, 0) is 38.9 Å². The summed E-state index contributed by atoms with van der Waals surface area (Å²) in [4.78, 5) is 11.7. The molecule has 1 aromatic rings. The van der Waals surface area contributed by atoms with Crippen LogP contribution in [0, 0.1) is 13.8 Å². The van der Waals surface area contributed by atoms with Crippen LogP contribution in [0.15, 0.2) is 18.2 Å². The number of benzene rings is 1. The van der Waals surface area contributed by atoms with Crippen molar-refractivity contribution in [3.05, 3.63) is 34.9 Å². The van der Waals surface area contributed by atoms with Crippen molar-refractivity contribution in [1.29, 1.82) is 0 Å². The molecule has 0 spiro atoms. The fraction of sp³-hybridized carbons (Fsp3) is 0.417. The Hall–Kier alpha value is -1.06. The van der Waals surface area contributed by atoms with E-state index in [2.05, 4.69) is 11.4 Å². The zero-order valence-electron chi connectivity index (χ0n) is 9.75. The van der Waals surface area contributed by atoms with Gasteiger partial charge in [0.1, 0.15) is 0 Å². The van der Waals surface area contributed by atoms with Crippen LogP contribution in [0.25, 0.3) is 0 Å². The van der Waals surface area contributed by atoms with Crippen molar-refractivity contribution in [3.8, 4) is 0 Å². The number of halogens is 1. The maximum absolute atomic E-state index is 11.7. The molecule has 3 nitrogen and oxygen atoms in total. The van der Waals surface area contributed by atoms with Crippen LogP contribution >= 0.6 is 12.4 Å². The molecule has 0 atom stereocenters. The van der Waals surface area contributed by atoms with Crippen LogP contribution in [0.2, 0.25) is 0 Å². The first kappa shape index (κ1) is 14.9. The van der Waals surface area contributed by atoms with Crippen LogP contribution in [-0.2, 0) is 0 Å². The van der Waals surface area contributed by atoms with Crippen molar-refractivity contribution in [3.63, 3.8) is 0 Å². The molecule has 1 rings (SSSR count). The number of rotatable bonds is 4. The molecule has 90 valence electrons. The molecule has 0 heterocycles. The van der Waals surface area contributed by atoms with Crippen LogP contribution in [0.4, 0.5) is 0 Å². The van der Waals surface area contributed by atoms with Crippen molar-refractivity contribution < 1.29 is 4.79 Å². The predicted molar refractivity (Wildman–Crippen MR) is 69.2 cm³/mol. The normalized spacial score (nSPS) is 9.44. The van der Waals surface area contributed by atoms with E-state index in [4.69, 9.17) is 5.73 Å². The monoisotopic (exact) mass is 242 g/mol. The Morgan fingerprint density at radius 1 is 1.25 bits per heavy atom. The molecular weight excluding hydrogens is 224 g/mol. The van der Waals surface area contributed by atoms with Gasteiger partial charge in [0.05, 0.1) is 0 Å². The number of amides is 1. The summed E-state index contributed by atoms with van der Waals surface area (Å²) in [6, 6.07) is 5.84. The second-order valence-corrected chi connectivity index (χ2v) is 3.77. The minimum atomic E-state index is -0.0183. The molecule has 0 saturated heterocycles. The van der Waals surface area contributed by atoms with Gasteiger partial charge in [-0.2, -0.15) is 0 Å². The summed E-state index contributed by atoms with van der Waals surface area (Å²) < 4.78 is 0. The van der Waals surface area contributed by atoms with Crippen molar-refractivity contribution in [2.45, 2.75) is 20.3 Å². The van der Waals surface area contributed by atoms with E-state index in [1.54, 1.807) is 0 Å². The highest BCUT2D eigenvalue weighted by molar-refractivity contribution is 5.94. The molecule has 0 unspecified atom stereocenters. The number of hydrogen-bond donors (Lipinski definition) is 2. The minimum absolute atomic E-state index is 0. The standard InChI is InChI=1S/C12H18N2O.ClH/c1-9-6-10(2)8-11(7-9)12(15)14-5-3-4-13;/h6-8H,3-5,13H2,1-2H3,(H,14,15);1H. The largest absolute Gasteiger partial charge is 0.352 e. The Kier molecular flexibility index (Phi) is 6.77. The Morgan fingerprint density at radius 2 is 1.81 bits per heavy atom. The number of aryl methyl sites for hydroxylation is 2.